The number of hydrogen-bond acceptors (Lipinski definition) is 1. The van der Waals surface area contributed by atoms with Crippen LogP contribution >= 0.6 is 0 Å². The van der Waals surface area contributed by atoms with Gasteiger partial charge in [0.15, 0.2) is 0 Å². The van der Waals surface area contributed by atoms with Gasteiger partial charge in [-0.25, -0.2) is 4.79 Å². The number of nitrogens with one attached hydrogen (secondary N) is 2. The molecule has 0 saturated carbocycles. The Hall–Kier alpha value is -1.51. The van der Waals surface area contributed by atoms with Crippen LogP contribution in [0.5, 0.6) is 0 Å². The van der Waals surface area contributed by atoms with Crippen molar-refractivity contribution in [2.75, 3.05) is 0 Å². The number of rotatable bonds is 4. The van der Waals surface area contributed by atoms with Crippen molar-refractivity contribution < 1.29 is 4.79 Å². The smallest absolute Gasteiger partial charge is 0.315 e. The molecule has 0 aliphatic rings. The second kappa shape index (κ2) is 6.28. The zero-order valence-corrected chi connectivity index (χ0v) is 11.1. The fraction of sp³-hybridized carbons (Fsp3) is 0.500. The van der Waals surface area contributed by atoms with Gasteiger partial charge in [-0.15, -0.1) is 0 Å². The standard InChI is InChI=1S/C14H22N2O/c1-5-11(3)15-14(17)16-12(4)13-8-6-10(2)7-9-13/h6-9,11-12H,5H2,1-4H3,(H2,15,16,17)/t11-,12-/m1/s1. The number of hydrogen-bond donors (Lipinski definition) is 2. The molecular formula is C14H22N2O. The van der Waals surface area contributed by atoms with Crippen LogP contribution < -0.4 is 10.6 Å². The number of benzene rings is 1. The molecule has 3 heteroatoms. The van der Waals surface area contributed by atoms with Gasteiger partial charge in [0.2, 0.25) is 0 Å². The Kier molecular flexibility index (Phi) is 5.01. The molecular weight excluding hydrogens is 212 g/mol. The first-order valence-corrected chi connectivity index (χ1v) is 6.16. The first-order valence-electron chi connectivity index (χ1n) is 6.16. The third-order valence-electron chi connectivity index (χ3n) is 2.91. The highest BCUT2D eigenvalue weighted by atomic mass is 16.2. The number of carbonyl (C=O) groups is 1. The second-order valence-electron chi connectivity index (χ2n) is 4.56. The summed E-state index contributed by atoms with van der Waals surface area (Å²) in [5.74, 6) is 0. The predicted molar refractivity (Wildman–Crippen MR) is 71.0 cm³/mol. The topological polar surface area (TPSA) is 41.1 Å². The Balaban J connectivity index is 2.51. The minimum Gasteiger partial charge on any atom is -0.336 e. The maximum atomic E-state index is 11.6. The van der Waals surface area contributed by atoms with Gasteiger partial charge in [0.05, 0.1) is 6.04 Å². The Morgan fingerprint density at radius 2 is 1.76 bits per heavy atom. The third kappa shape index (κ3) is 4.47. The van der Waals surface area contributed by atoms with E-state index < -0.39 is 0 Å². The molecule has 0 aliphatic carbocycles. The monoisotopic (exact) mass is 234 g/mol. The van der Waals surface area contributed by atoms with Gasteiger partial charge in [-0.3, -0.25) is 0 Å². The average Bonchev–Trinajstić information content (AvgIpc) is 2.29. The maximum Gasteiger partial charge on any atom is 0.315 e. The Bertz CT molecular complexity index is 359. The molecule has 0 saturated heterocycles. The van der Waals surface area contributed by atoms with E-state index in [0.717, 1.165) is 12.0 Å². The lowest BCUT2D eigenvalue weighted by Crippen LogP contribution is -2.41. The largest absolute Gasteiger partial charge is 0.336 e. The van der Waals surface area contributed by atoms with Gasteiger partial charge in [-0.2, -0.15) is 0 Å². The van der Waals surface area contributed by atoms with E-state index in [1.807, 2.05) is 32.9 Å². The van der Waals surface area contributed by atoms with Crippen LogP contribution in [-0.2, 0) is 0 Å². The second-order valence-corrected chi connectivity index (χ2v) is 4.56. The summed E-state index contributed by atoms with van der Waals surface area (Å²) in [4.78, 5) is 11.6. The quantitative estimate of drug-likeness (QED) is 0.825. The molecule has 17 heavy (non-hydrogen) atoms. The van der Waals surface area contributed by atoms with Gasteiger partial charge in [-0.1, -0.05) is 36.8 Å². The third-order valence-corrected chi connectivity index (χ3v) is 2.91. The normalized spacial score (nSPS) is 13.9. The molecule has 0 spiro atoms. The highest BCUT2D eigenvalue weighted by molar-refractivity contribution is 5.74. The van der Waals surface area contributed by atoms with Crippen LogP contribution in [0.25, 0.3) is 0 Å². The van der Waals surface area contributed by atoms with Crippen LogP contribution in [0.15, 0.2) is 24.3 Å². The number of urea groups is 1. The molecule has 1 rings (SSSR count). The summed E-state index contributed by atoms with van der Waals surface area (Å²) in [5, 5.41) is 5.82. The molecule has 0 fully saturated rings. The van der Waals surface area contributed by atoms with Crippen molar-refractivity contribution in [1.29, 1.82) is 0 Å². The van der Waals surface area contributed by atoms with Gasteiger partial charge in [-0.05, 0) is 32.8 Å². The van der Waals surface area contributed by atoms with Crippen molar-refractivity contribution in [2.45, 2.75) is 46.2 Å². The van der Waals surface area contributed by atoms with E-state index in [1.54, 1.807) is 0 Å². The van der Waals surface area contributed by atoms with E-state index in [9.17, 15) is 4.79 Å². The van der Waals surface area contributed by atoms with Crippen LogP contribution in [0.1, 0.15) is 44.4 Å². The van der Waals surface area contributed by atoms with Gasteiger partial charge in [0.1, 0.15) is 0 Å². The molecule has 0 heterocycles. The SMILES string of the molecule is CC[C@@H](C)NC(=O)N[C@H](C)c1ccc(C)cc1. The van der Waals surface area contributed by atoms with Gasteiger partial charge >= 0.3 is 6.03 Å². The van der Waals surface area contributed by atoms with Crippen LogP contribution in [0.4, 0.5) is 4.79 Å². The van der Waals surface area contributed by atoms with Crippen LogP contribution in [-0.4, -0.2) is 12.1 Å². The van der Waals surface area contributed by atoms with Crippen molar-refractivity contribution in [3.63, 3.8) is 0 Å². The maximum absolute atomic E-state index is 11.6. The molecule has 2 atom stereocenters. The van der Waals surface area contributed by atoms with Crippen molar-refractivity contribution in [3.05, 3.63) is 35.4 Å². The fourth-order valence-corrected chi connectivity index (χ4v) is 1.50. The van der Waals surface area contributed by atoms with Crippen molar-refractivity contribution >= 4 is 6.03 Å². The van der Waals surface area contributed by atoms with E-state index in [4.69, 9.17) is 0 Å². The minimum atomic E-state index is -0.104. The summed E-state index contributed by atoms with van der Waals surface area (Å²) in [5.41, 5.74) is 2.35. The van der Waals surface area contributed by atoms with Crippen LogP contribution in [0.2, 0.25) is 0 Å². The lowest BCUT2D eigenvalue weighted by molar-refractivity contribution is 0.234. The van der Waals surface area contributed by atoms with E-state index in [0.29, 0.717) is 0 Å². The minimum absolute atomic E-state index is 0.0275. The fourth-order valence-electron chi connectivity index (χ4n) is 1.50. The summed E-state index contributed by atoms with van der Waals surface area (Å²) in [6.07, 6.45) is 0.937. The molecule has 3 nitrogen and oxygen atoms in total. The van der Waals surface area contributed by atoms with Gasteiger partial charge in [0, 0.05) is 6.04 Å². The van der Waals surface area contributed by atoms with Crippen LogP contribution in [0.3, 0.4) is 0 Å². The number of carbonyl (C=O) groups excluding carboxylic acids is 1. The molecule has 0 radical (unpaired) electrons. The summed E-state index contributed by atoms with van der Waals surface area (Å²) in [7, 11) is 0. The molecule has 0 aromatic heterocycles. The highest BCUT2D eigenvalue weighted by Crippen LogP contribution is 2.12. The Labute approximate surface area is 104 Å². The van der Waals surface area contributed by atoms with Crippen molar-refractivity contribution in [2.24, 2.45) is 0 Å². The Morgan fingerprint density at radius 3 is 2.29 bits per heavy atom. The molecule has 0 bridgehead atoms. The number of amides is 2. The molecule has 2 amide bonds. The molecule has 94 valence electrons. The van der Waals surface area contributed by atoms with Gasteiger partial charge in [0.25, 0.3) is 0 Å². The summed E-state index contributed by atoms with van der Waals surface area (Å²) >= 11 is 0. The zero-order valence-electron chi connectivity index (χ0n) is 11.1. The molecule has 0 aliphatic heterocycles. The summed E-state index contributed by atoms with van der Waals surface area (Å²) in [6, 6.07) is 8.33. The number of aryl methyl sites for hydroxylation is 1. The average molecular weight is 234 g/mol. The summed E-state index contributed by atoms with van der Waals surface area (Å²) < 4.78 is 0. The zero-order chi connectivity index (χ0) is 12.8. The lowest BCUT2D eigenvalue weighted by Gasteiger charge is -2.17. The van der Waals surface area contributed by atoms with Gasteiger partial charge < -0.3 is 10.6 Å². The van der Waals surface area contributed by atoms with Crippen LogP contribution in [0, 0.1) is 6.92 Å². The lowest BCUT2D eigenvalue weighted by atomic mass is 10.1. The van der Waals surface area contributed by atoms with E-state index in [2.05, 4.69) is 29.7 Å². The first kappa shape index (κ1) is 13.6. The first-order chi connectivity index (χ1) is 8.02. The van der Waals surface area contributed by atoms with E-state index in [1.165, 1.54) is 5.56 Å². The summed E-state index contributed by atoms with van der Waals surface area (Å²) in [6.45, 7) is 8.09. The van der Waals surface area contributed by atoms with Crippen molar-refractivity contribution in [3.8, 4) is 0 Å². The van der Waals surface area contributed by atoms with E-state index in [-0.39, 0.29) is 18.1 Å². The predicted octanol–water partition coefficient (Wildman–Crippen LogP) is 3.15. The molecule has 1 aromatic rings. The molecule has 0 unspecified atom stereocenters. The molecule has 1 aromatic carbocycles. The Morgan fingerprint density at radius 1 is 1.18 bits per heavy atom. The highest BCUT2D eigenvalue weighted by Gasteiger charge is 2.10. The van der Waals surface area contributed by atoms with Crippen molar-refractivity contribution in [1.82, 2.24) is 10.6 Å². The molecule has 2 N–H and O–H groups in total. The van der Waals surface area contributed by atoms with E-state index >= 15 is 0 Å².